The Bertz CT molecular complexity index is 774. The second-order valence-electron chi connectivity index (χ2n) is 4.52. The van der Waals surface area contributed by atoms with Gasteiger partial charge >= 0.3 is 0 Å². The lowest BCUT2D eigenvalue weighted by atomic mass is 10.1. The minimum atomic E-state index is -0.0407. The molecular weight excluding hydrogens is 266 g/mol. The van der Waals surface area contributed by atoms with Crippen molar-refractivity contribution in [3.05, 3.63) is 48.5 Å². The van der Waals surface area contributed by atoms with Gasteiger partial charge in [-0.15, -0.1) is 0 Å². The fourth-order valence-electron chi connectivity index (χ4n) is 2.24. The molecule has 21 heavy (non-hydrogen) atoms. The van der Waals surface area contributed by atoms with E-state index in [1.807, 2.05) is 48.5 Å². The maximum absolute atomic E-state index is 8.93. The summed E-state index contributed by atoms with van der Waals surface area (Å²) in [7, 11) is 0. The maximum Gasteiger partial charge on any atom is 0.221 e. The summed E-state index contributed by atoms with van der Waals surface area (Å²) < 4.78 is 5.58. The summed E-state index contributed by atoms with van der Waals surface area (Å²) in [6.07, 6.45) is 0. The van der Waals surface area contributed by atoms with Crippen LogP contribution in [0, 0.1) is 0 Å². The highest BCUT2D eigenvalue weighted by atomic mass is 16.5. The van der Waals surface area contributed by atoms with E-state index in [-0.39, 0.29) is 19.2 Å². The van der Waals surface area contributed by atoms with Gasteiger partial charge in [-0.2, -0.15) is 0 Å². The SMILES string of the molecule is Nc1nc(-c2ccccc2OCCO)c2ccccc2n1. The van der Waals surface area contributed by atoms with Crippen molar-refractivity contribution >= 4 is 16.9 Å². The first-order valence-corrected chi connectivity index (χ1v) is 6.65. The third kappa shape index (κ3) is 2.64. The summed E-state index contributed by atoms with van der Waals surface area (Å²) in [6, 6.07) is 15.2. The molecule has 106 valence electrons. The lowest BCUT2D eigenvalue weighted by Gasteiger charge is -2.12. The standard InChI is InChI=1S/C16H15N3O2/c17-16-18-13-7-3-1-5-11(13)15(19-16)12-6-2-4-8-14(12)21-10-9-20/h1-8,20H,9-10H2,(H2,17,18,19). The van der Waals surface area contributed by atoms with E-state index in [0.29, 0.717) is 5.75 Å². The molecule has 0 atom stereocenters. The second-order valence-corrected chi connectivity index (χ2v) is 4.52. The van der Waals surface area contributed by atoms with Gasteiger partial charge in [0.25, 0.3) is 0 Å². The van der Waals surface area contributed by atoms with E-state index in [9.17, 15) is 0 Å². The number of hydrogen-bond acceptors (Lipinski definition) is 5. The number of rotatable bonds is 4. The molecule has 0 aliphatic carbocycles. The van der Waals surface area contributed by atoms with E-state index in [1.54, 1.807) is 0 Å². The van der Waals surface area contributed by atoms with Crippen LogP contribution in [0.25, 0.3) is 22.2 Å². The Balaban J connectivity index is 2.21. The van der Waals surface area contributed by atoms with Crippen LogP contribution in [0.5, 0.6) is 5.75 Å². The fourth-order valence-corrected chi connectivity index (χ4v) is 2.24. The number of para-hydroxylation sites is 2. The molecule has 3 aromatic rings. The van der Waals surface area contributed by atoms with E-state index in [1.165, 1.54) is 0 Å². The molecule has 0 aliphatic heterocycles. The molecule has 0 fully saturated rings. The van der Waals surface area contributed by atoms with Gasteiger partial charge in [0.05, 0.1) is 17.8 Å². The molecule has 5 heteroatoms. The molecule has 0 unspecified atom stereocenters. The topological polar surface area (TPSA) is 81.3 Å². The van der Waals surface area contributed by atoms with Gasteiger partial charge in [0.15, 0.2) is 0 Å². The van der Waals surface area contributed by atoms with Crippen molar-refractivity contribution < 1.29 is 9.84 Å². The van der Waals surface area contributed by atoms with Crippen LogP contribution < -0.4 is 10.5 Å². The number of ether oxygens (including phenoxy) is 1. The zero-order valence-electron chi connectivity index (χ0n) is 11.4. The van der Waals surface area contributed by atoms with Gasteiger partial charge in [-0.05, 0) is 18.2 Å². The lowest BCUT2D eigenvalue weighted by Crippen LogP contribution is -2.04. The summed E-state index contributed by atoms with van der Waals surface area (Å²) in [6.45, 7) is 0.191. The molecule has 3 rings (SSSR count). The molecule has 0 radical (unpaired) electrons. The number of benzene rings is 2. The zero-order chi connectivity index (χ0) is 14.7. The summed E-state index contributed by atoms with van der Waals surface area (Å²) in [5, 5.41) is 9.84. The first-order chi connectivity index (χ1) is 10.3. The monoisotopic (exact) mass is 281 g/mol. The zero-order valence-corrected chi connectivity index (χ0v) is 11.4. The van der Waals surface area contributed by atoms with E-state index >= 15 is 0 Å². The molecule has 1 aromatic heterocycles. The van der Waals surface area contributed by atoms with Crippen molar-refractivity contribution in [1.82, 2.24) is 9.97 Å². The van der Waals surface area contributed by atoms with Gasteiger partial charge in [-0.1, -0.05) is 30.3 Å². The first-order valence-electron chi connectivity index (χ1n) is 6.65. The van der Waals surface area contributed by atoms with Crippen LogP contribution >= 0.6 is 0 Å². The lowest BCUT2D eigenvalue weighted by molar-refractivity contribution is 0.202. The Labute approximate surface area is 122 Å². The largest absolute Gasteiger partial charge is 0.490 e. The average molecular weight is 281 g/mol. The van der Waals surface area contributed by atoms with E-state index < -0.39 is 0 Å². The summed E-state index contributed by atoms with van der Waals surface area (Å²) in [4.78, 5) is 8.60. The molecule has 5 nitrogen and oxygen atoms in total. The van der Waals surface area contributed by atoms with Crippen molar-refractivity contribution in [2.24, 2.45) is 0 Å². The van der Waals surface area contributed by atoms with Crippen LogP contribution in [0.15, 0.2) is 48.5 Å². The summed E-state index contributed by atoms with van der Waals surface area (Å²) in [5.41, 5.74) is 8.16. The Morgan fingerprint density at radius 1 is 1.00 bits per heavy atom. The molecule has 0 saturated heterocycles. The molecule has 0 spiro atoms. The number of nitrogens with zero attached hydrogens (tertiary/aromatic N) is 2. The van der Waals surface area contributed by atoms with Crippen molar-refractivity contribution in [1.29, 1.82) is 0 Å². The molecule has 0 saturated carbocycles. The third-order valence-corrected chi connectivity index (χ3v) is 3.11. The summed E-state index contributed by atoms with van der Waals surface area (Å²) >= 11 is 0. The number of nitrogens with two attached hydrogens (primary N) is 1. The number of fused-ring (bicyclic) bond motifs is 1. The molecular formula is C16H15N3O2. The van der Waals surface area contributed by atoms with E-state index in [4.69, 9.17) is 15.6 Å². The third-order valence-electron chi connectivity index (χ3n) is 3.11. The quantitative estimate of drug-likeness (QED) is 0.766. The van der Waals surface area contributed by atoms with Crippen LogP contribution in [-0.2, 0) is 0 Å². The van der Waals surface area contributed by atoms with Crippen LogP contribution in [0.4, 0.5) is 5.95 Å². The Hall–Kier alpha value is -2.66. The molecule has 3 N–H and O–H groups in total. The predicted octanol–water partition coefficient (Wildman–Crippen LogP) is 2.25. The molecule has 0 amide bonds. The highest BCUT2D eigenvalue weighted by Gasteiger charge is 2.12. The van der Waals surface area contributed by atoms with Gasteiger partial charge in [0, 0.05) is 10.9 Å². The van der Waals surface area contributed by atoms with Gasteiger partial charge in [0.1, 0.15) is 12.4 Å². The molecule has 0 aliphatic rings. The van der Waals surface area contributed by atoms with Gasteiger partial charge < -0.3 is 15.6 Å². The molecule has 0 bridgehead atoms. The number of nitrogen functional groups attached to an aromatic ring is 1. The molecule has 2 aromatic carbocycles. The van der Waals surface area contributed by atoms with Gasteiger partial charge in [0.2, 0.25) is 5.95 Å². The minimum absolute atomic E-state index is 0.0407. The highest BCUT2D eigenvalue weighted by molar-refractivity contribution is 5.94. The first kappa shape index (κ1) is 13.3. The molecule has 1 heterocycles. The average Bonchev–Trinajstić information content (AvgIpc) is 2.52. The Kier molecular flexibility index (Phi) is 3.66. The van der Waals surface area contributed by atoms with Crippen LogP contribution in [-0.4, -0.2) is 28.3 Å². The second kappa shape index (κ2) is 5.76. The summed E-state index contributed by atoms with van der Waals surface area (Å²) in [5.74, 6) is 0.885. The maximum atomic E-state index is 8.93. The van der Waals surface area contributed by atoms with Crippen LogP contribution in [0.2, 0.25) is 0 Å². The van der Waals surface area contributed by atoms with Gasteiger partial charge in [-0.3, -0.25) is 0 Å². The number of aromatic nitrogens is 2. The predicted molar refractivity (Wildman–Crippen MR) is 82.0 cm³/mol. The highest BCUT2D eigenvalue weighted by Crippen LogP contribution is 2.33. The van der Waals surface area contributed by atoms with E-state index in [0.717, 1.165) is 22.2 Å². The van der Waals surface area contributed by atoms with Crippen molar-refractivity contribution in [3.63, 3.8) is 0 Å². The smallest absolute Gasteiger partial charge is 0.221 e. The van der Waals surface area contributed by atoms with Crippen LogP contribution in [0.3, 0.4) is 0 Å². The number of aliphatic hydroxyl groups excluding tert-OH is 1. The number of aliphatic hydroxyl groups is 1. The van der Waals surface area contributed by atoms with E-state index in [2.05, 4.69) is 9.97 Å². The Morgan fingerprint density at radius 3 is 2.62 bits per heavy atom. The number of hydrogen-bond donors (Lipinski definition) is 2. The van der Waals surface area contributed by atoms with Crippen molar-refractivity contribution in [3.8, 4) is 17.0 Å². The minimum Gasteiger partial charge on any atom is -0.490 e. The fraction of sp³-hybridized carbons (Fsp3) is 0.125. The van der Waals surface area contributed by atoms with Gasteiger partial charge in [-0.25, -0.2) is 9.97 Å². The Morgan fingerprint density at radius 2 is 1.76 bits per heavy atom. The van der Waals surface area contributed by atoms with Crippen molar-refractivity contribution in [2.75, 3.05) is 18.9 Å². The van der Waals surface area contributed by atoms with Crippen LogP contribution in [0.1, 0.15) is 0 Å². The van der Waals surface area contributed by atoms with Crippen molar-refractivity contribution in [2.45, 2.75) is 0 Å². The normalized spacial score (nSPS) is 10.7. The number of anilines is 1.